The summed E-state index contributed by atoms with van der Waals surface area (Å²) >= 11 is 5.68. The number of hydrogen-bond donors (Lipinski definition) is 1. The summed E-state index contributed by atoms with van der Waals surface area (Å²) in [6.07, 6.45) is 2.18. The van der Waals surface area contributed by atoms with Gasteiger partial charge in [-0.15, -0.1) is 0 Å². The first kappa shape index (κ1) is 13.4. The molecule has 1 fully saturated rings. The summed E-state index contributed by atoms with van der Waals surface area (Å²) in [6.45, 7) is 2.12. The highest BCUT2D eigenvalue weighted by molar-refractivity contribution is 6.30. The lowest BCUT2D eigenvalue weighted by atomic mass is 9.75. The molecule has 0 aromatic heterocycles. The van der Waals surface area contributed by atoms with Gasteiger partial charge in [-0.25, -0.2) is 4.39 Å². The Morgan fingerprint density at radius 2 is 1.95 bits per heavy atom. The zero-order valence-corrected chi connectivity index (χ0v) is 12.1. The third kappa shape index (κ3) is 2.80. The van der Waals surface area contributed by atoms with E-state index in [9.17, 15) is 4.39 Å². The fourth-order valence-electron chi connectivity index (χ4n) is 2.75. The highest BCUT2D eigenvalue weighted by atomic mass is 35.5. The number of anilines is 1. The summed E-state index contributed by atoms with van der Waals surface area (Å²) in [6, 6.07) is 14.0. The van der Waals surface area contributed by atoms with Crippen molar-refractivity contribution in [1.29, 1.82) is 0 Å². The van der Waals surface area contributed by atoms with Crippen molar-refractivity contribution in [3.05, 3.63) is 64.4 Å². The molecule has 104 valence electrons. The zero-order chi connectivity index (χ0) is 14.1. The van der Waals surface area contributed by atoms with Crippen LogP contribution in [0.15, 0.2) is 42.5 Å². The average molecular weight is 290 g/mol. The molecule has 1 aliphatic rings. The largest absolute Gasteiger partial charge is 0.382 e. The maximum Gasteiger partial charge on any atom is 0.143 e. The standard InChI is InChI=1S/C17H17ClFN/c1-11-3-2-4-12(7-11)13-8-15(9-13)20-14-5-6-16(18)17(19)10-14/h2-7,10,13,15,20H,8-9H2,1H3. The van der Waals surface area contributed by atoms with Gasteiger partial charge in [0.05, 0.1) is 5.02 Å². The van der Waals surface area contributed by atoms with Crippen molar-refractivity contribution in [1.82, 2.24) is 0 Å². The molecular formula is C17H17ClFN. The zero-order valence-electron chi connectivity index (χ0n) is 11.4. The summed E-state index contributed by atoms with van der Waals surface area (Å²) in [4.78, 5) is 0. The van der Waals surface area contributed by atoms with Gasteiger partial charge in [0.25, 0.3) is 0 Å². The molecule has 0 aliphatic heterocycles. The van der Waals surface area contributed by atoms with Crippen LogP contribution in [0.4, 0.5) is 10.1 Å². The molecule has 1 N–H and O–H groups in total. The second kappa shape index (κ2) is 5.45. The lowest BCUT2D eigenvalue weighted by molar-refractivity contribution is 0.374. The van der Waals surface area contributed by atoms with Crippen LogP contribution in [0.2, 0.25) is 5.02 Å². The highest BCUT2D eigenvalue weighted by Crippen LogP contribution is 2.38. The molecule has 0 unspecified atom stereocenters. The third-order valence-corrected chi connectivity index (χ3v) is 4.25. The van der Waals surface area contributed by atoms with E-state index >= 15 is 0 Å². The van der Waals surface area contributed by atoms with E-state index in [0.717, 1.165) is 18.5 Å². The maximum absolute atomic E-state index is 13.4. The average Bonchev–Trinajstić information content (AvgIpc) is 2.37. The monoisotopic (exact) mass is 289 g/mol. The number of rotatable bonds is 3. The van der Waals surface area contributed by atoms with E-state index in [-0.39, 0.29) is 10.8 Å². The molecule has 0 amide bonds. The van der Waals surface area contributed by atoms with E-state index in [1.807, 2.05) is 6.07 Å². The van der Waals surface area contributed by atoms with Gasteiger partial charge in [-0.3, -0.25) is 0 Å². The molecule has 2 aromatic carbocycles. The molecule has 3 heteroatoms. The molecule has 20 heavy (non-hydrogen) atoms. The number of halogens is 2. The van der Waals surface area contributed by atoms with Gasteiger partial charge in [0.1, 0.15) is 5.82 Å². The first-order valence-electron chi connectivity index (χ1n) is 6.90. The molecule has 3 rings (SSSR count). The van der Waals surface area contributed by atoms with E-state index in [1.54, 1.807) is 6.07 Å². The molecule has 0 atom stereocenters. The normalized spacial score (nSPS) is 21.4. The van der Waals surface area contributed by atoms with Crippen LogP contribution in [0.5, 0.6) is 0 Å². The minimum Gasteiger partial charge on any atom is -0.382 e. The highest BCUT2D eigenvalue weighted by Gasteiger charge is 2.30. The van der Waals surface area contributed by atoms with Gasteiger partial charge < -0.3 is 5.32 Å². The Hall–Kier alpha value is -1.54. The second-order valence-electron chi connectivity index (χ2n) is 5.55. The van der Waals surface area contributed by atoms with Crippen molar-refractivity contribution in [3.8, 4) is 0 Å². The molecule has 0 saturated heterocycles. The summed E-state index contributed by atoms with van der Waals surface area (Å²) in [7, 11) is 0. The summed E-state index contributed by atoms with van der Waals surface area (Å²) < 4.78 is 13.4. The SMILES string of the molecule is Cc1cccc(C2CC(Nc3ccc(Cl)c(F)c3)C2)c1. The van der Waals surface area contributed by atoms with Crippen LogP contribution < -0.4 is 5.32 Å². The van der Waals surface area contributed by atoms with Crippen molar-refractivity contribution in [2.24, 2.45) is 0 Å². The number of aryl methyl sites for hydroxylation is 1. The first-order valence-corrected chi connectivity index (χ1v) is 7.28. The van der Waals surface area contributed by atoms with Crippen LogP contribution >= 0.6 is 11.6 Å². The predicted molar refractivity (Wildman–Crippen MR) is 82.0 cm³/mol. The van der Waals surface area contributed by atoms with Gasteiger partial charge in [-0.1, -0.05) is 41.4 Å². The molecular weight excluding hydrogens is 273 g/mol. The molecule has 1 nitrogen and oxygen atoms in total. The van der Waals surface area contributed by atoms with Gasteiger partial charge in [0.15, 0.2) is 0 Å². The van der Waals surface area contributed by atoms with Gasteiger partial charge >= 0.3 is 0 Å². The van der Waals surface area contributed by atoms with Crippen molar-refractivity contribution in [3.63, 3.8) is 0 Å². The minimum atomic E-state index is -0.369. The Bertz CT molecular complexity index is 620. The Balaban J connectivity index is 1.59. The lowest BCUT2D eigenvalue weighted by Crippen LogP contribution is -2.34. The van der Waals surface area contributed by atoms with Gasteiger partial charge in [0.2, 0.25) is 0 Å². The van der Waals surface area contributed by atoms with Crippen LogP contribution in [-0.4, -0.2) is 6.04 Å². The van der Waals surface area contributed by atoms with Crippen LogP contribution in [-0.2, 0) is 0 Å². The Morgan fingerprint density at radius 1 is 1.15 bits per heavy atom. The van der Waals surface area contributed by atoms with Gasteiger partial charge in [0, 0.05) is 11.7 Å². The quantitative estimate of drug-likeness (QED) is 0.824. The minimum absolute atomic E-state index is 0.168. The number of benzene rings is 2. The maximum atomic E-state index is 13.4. The van der Waals surface area contributed by atoms with Crippen molar-refractivity contribution in [2.75, 3.05) is 5.32 Å². The summed E-state index contributed by atoms with van der Waals surface area (Å²) in [5.41, 5.74) is 3.52. The van der Waals surface area contributed by atoms with Crippen LogP contribution in [0.1, 0.15) is 29.9 Å². The van der Waals surface area contributed by atoms with E-state index in [1.165, 1.54) is 17.2 Å². The second-order valence-corrected chi connectivity index (χ2v) is 5.96. The molecule has 0 heterocycles. The Labute approximate surface area is 123 Å². The van der Waals surface area contributed by atoms with E-state index < -0.39 is 0 Å². The molecule has 0 spiro atoms. The van der Waals surface area contributed by atoms with Crippen LogP contribution in [0.25, 0.3) is 0 Å². The van der Waals surface area contributed by atoms with Crippen LogP contribution in [0, 0.1) is 12.7 Å². The van der Waals surface area contributed by atoms with Crippen molar-refractivity contribution in [2.45, 2.75) is 31.7 Å². The van der Waals surface area contributed by atoms with E-state index in [2.05, 4.69) is 36.5 Å². The molecule has 1 saturated carbocycles. The fourth-order valence-corrected chi connectivity index (χ4v) is 2.87. The predicted octanol–water partition coefficient (Wildman–Crippen LogP) is 5.15. The van der Waals surface area contributed by atoms with Crippen molar-refractivity contribution < 1.29 is 4.39 Å². The lowest BCUT2D eigenvalue weighted by Gasteiger charge is -2.37. The third-order valence-electron chi connectivity index (χ3n) is 3.94. The molecule has 0 bridgehead atoms. The Morgan fingerprint density at radius 3 is 2.65 bits per heavy atom. The number of hydrogen-bond acceptors (Lipinski definition) is 1. The first-order chi connectivity index (χ1) is 9.61. The topological polar surface area (TPSA) is 12.0 Å². The molecule has 1 aliphatic carbocycles. The van der Waals surface area contributed by atoms with Gasteiger partial charge in [-0.05, 0) is 49.4 Å². The van der Waals surface area contributed by atoms with Gasteiger partial charge in [-0.2, -0.15) is 0 Å². The van der Waals surface area contributed by atoms with Crippen LogP contribution in [0.3, 0.4) is 0 Å². The van der Waals surface area contributed by atoms with Crippen molar-refractivity contribution >= 4 is 17.3 Å². The fraction of sp³-hybridized carbons (Fsp3) is 0.294. The summed E-state index contributed by atoms with van der Waals surface area (Å²) in [5.74, 6) is 0.246. The Kier molecular flexibility index (Phi) is 3.66. The smallest absolute Gasteiger partial charge is 0.143 e. The molecule has 0 radical (unpaired) electrons. The summed E-state index contributed by atoms with van der Waals surface area (Å²) in [5, 5.41) is 3.53. The van der Waals surface area contributed by atoms with E-state index in [4.69, 9.17) is 11.6 Å². The molecule has 2 aromatic rings. The van der Waals surface area contributed by atoms with E-state index in [0.29, 0.717) is 12.0 Å². The number of nitrogens with one attached hydrogen (secondary N) is 1.